The predicted octanol–water partition coefficient (Wildman–Crippen LogP) is -3.76. The van der Waals surface area contributed by atoms with Crippen molar-refractivity contribution in [2.45, 2.75) is 12.5 Å². The molecule has 7 heteroatoms. The van der Waals surface area contributed by atoms with Gasteiger partial charge in [-0.2, -0.15) is 0 Å². The summed E-state index contributed by atoms with van der Waals surface area (Å²) in [7, 11) is 0. The van der Waals surface area contributed by atoms with E-state index in [0.717, 1.165) is 0 Å². The van der Waals surface area contributed by atoms with Gasteiger partial charge in [-0.25, -0.2) is 0 Å². The Labute approximate surface area is 107 Å². The zero-order valence-electron chi connectivity index (χ0n) is 5.61. The smallest absolute Gasteiger partial charge is 0.550 e. The molecule has 0 aliphatic heterocycles. The van der Waals surface area contributed by atoms with Crippen LogP contribution in [0.5, 0.6) is 0 Å². The third-order valence-corrected chi connectivity index (χ3v) is 0.689. The Bertz CT molecular complexity index is 142. The van der Waals surface area contributed by atoms with Crippen LogP contribution in [-0.4, -0.2) is 63.5 Å². The number of rotatable bonds is 3. The molecule has 0 unspecified atom stereocenters. The number of carbonyl (C=O) groups is 2. The van der Waals surface area contributed by atoms with Gasteiger partial charge in [0.25, 0.3) is 0 Å². The van der Waals surface area contributed by atoms with Gasteiger partial charge >= 0.3 is 45.5 Å². The van der Waals surface area contributed by atoms with E-state index in [1.54, 1.807) is 0 Å². The maximum Gasteiger partial charge on any atom is 2.00 e. The van der Waals surface area contributed by atoms with Crippen molar-refractivity contribution in [1.29, 1.82) is 0 Å². The van der Waals surface area contributed by atoms with Gasteiger partial charge in [-0.15, -0.1) is 12.4 Å². The van der Waals surface area contributed by atoms with Gasteiger partial charge in [0.1, 0.15) is 0 Å². The van der Waals surface area contributed by atoms with Crippen LogP contribution in [0.3, 0.4) is 0 Å². The van der Waals surface area contributed by atoms with E-state index < -0.39 is 24.4 Å². The number of nitrogens with two attached hydrogens (primary N) is 1. The van der Waals surface area contributed by atoms with Crippen molar-refractivity contribution < 1.29 is 19.8 Å². The van der Waals surface area contributed by atoms with Crippen molar-refractivity contribution in [1.82, 2.24) is 0 Å². The SMILES string of the molecule is Cl.N[C@H](CC(=O)[O-])C(=O)[O-].[Sr+2]. The van der Waals surface area contributed by atoms with Crippen molar-refractivity contribution in [2.75, 3.05) is 0 Å². The standard InChI is InChI=1S/C4H7NO4.ClH.Sr/c5-2(4(8)9)1-3(6)7;;/h2H,1,5H2,(H,6,7)(H,8,9);1H;/q;;+2/p-2/t2-;;/m1../s1. The quantitative estimate of drug-likeness (QED) is 0.521. The minimum Gasteiger partial charge on any atom is -0.550 e. The molecule has 5 nitrogen and oxygen atoms in total. The van der Waals surface area contributed by atoms with Gasteiger partial charge in [0.2, 0.25) is 0 Å². The van der Waals surface area contributed by atoms with Crippen molar-refractivity contribution in [2.24, 2.45) is 5.73 Å². The maximum atomic E-state index is 9.71. The molecular weight excluding hydrogens is 249 g/mol. The number of aliphatic carboxylic acids is 2. The molecule has 0 aromatic rings. The van der Waals surface area contributed by atoms with E-state index in [9.17, 15) is 19.8 Å². The summed E-state index contributed by atoms with van der Waals surface area (Å²) in [5, 5.41) is 19.3. The molecule has 0 fully saturated rings. The second kappa shape index (κ2) is 8.76. The molecule has 0 saturated heterocycles. The molecule has 0 aromatic carbocycles. The van der Waals surface area contributed by atoms with Gasteiger partial charge in [0.05, 0.1) is 5.97 Å². The van der Waals surface area contributed by atoms with Gasteiger partial charge in [0, 0.05) is 18.4 Å². The Morgan fingerprint density at radius 3 is 1.82 bits per heavy atom. The van der Waals surface area contributed by atoms with Crippen molar-refractivity contribution in [3.8, 4) is 0 Å². The number of hydrogen-bond acceptors (Lipinski definition) is 5. The summed E-state index contributed by atoms with van der Waals surface area (Å²) < 4.78 is 0. The second-order valence-electron chi connectivity index (χ2n) is 1.50. The topological polar surface area (TPSA) is 106 Å². The van der Waals surface area contributed by atoms with Crippen LogP contribution in [0.25, 0.3) is 0 Å². The fourth-order valence-electron chi connectivity index (χ4n) is 0.263. The number of hydrogen-bond donors (Lipinski definition) is 1. The average molecular weight is 255 g/mol. The molecule has 11 heavy (non-hydrogen) atoms. The number of carboxylic acid groups (broad SMARTS) is 2. The van der Waals surface area contributed by atoms with E-state index >= 15 is 0 Å². The summed E-state index contributed by atoms with van der Waals surface area (Å²) in [4.78, 5) is 19.3. The van der Waals surface area contributed by atoms with Crippen LogP contribution in [-0.2, 0) is 9.59 Å². The minimum absolute atomic E-state index is 0. The third kappa shape index (κ3) is 10.7. The molecule has 2 N–H and O–H groups in total. The van der Waals surface area contributed by atoms with Crippen LogP contribution < -0.4 is 15.9 Å². The van der Waals surface area contributed by atoms with Gasteiger partial charge in [-0.1, -0.05) is 0 Å². The van der Waals surface area contributed by atoms with Gasteiger partial charge < -0.3 is 25.5 Å². The molecular formula is C4H6ClNO4Sr. The first-order valence-corrected chi connectivity index (χ1v) is 2.20. The molecule has 0 spiro atoms. The molecule has 0 aliphatic carbocycles. The van der Waals surface area contributed by atoms with Gasteiger partial charge in [-0.05, 0) is 0 Å². The third-order valence-electron chi connectivity index (χ3n) is 0.689. The van der Waals surface area contributed by atoms with E-state index in [-0.39, 0.29) is 57.9 Å². The first-order valence-electron chi connectivity index (χ1n) is 2.20. The minimum atomic E-state index is -1.58. The van der Waals surface area contributed by atoms with Crippen LogP contribution in [0.2, 0.25) is 0 Å². The van der Waals surface area contributed by atoms with E-state index in [4.69, 9.17) is 5.73 Å². The summed E-state index contributed by atoms with van der Waals surface area (Å²) in [5.41, 5.74) is 4.73. The van der Waals surface area contributed by atoms with Crippen molar-refractivity contribution in [3.63, 3.8) is 0 Å². The Hall–Kier alpha value is 0.671. The zero-order valence-corrected chi connectivity index (χ0v) is 9.90. The molecule has 0 aromatic heterocycles. The van der Waals surface area contributed by atoms with Crippen LogP contribution in [0.4, 0.5) is 0 Å². The molecule has 60 valence electrons. The first-order chi connectivity index (χ1) is 4.04. The summed E-state index contributed by atoms with van der Waals surface area (Å²) in [6.07, 6.45) is -0.706. The van der Waals surface area contributed by atoms with Crippen LogP contribution in [0.1, 0.15) is 6.42 Å². The van der Waals surface area contributed by atoms with Crippen molar-refractivity contribution in [3.05, 3.63) is 0 Å². The number of carbonyl (C=O) groups excluding carboxylic acids is 2. The molecule has 0 bridgehead atoms. The fraction of sp³-hybridized carbons (Fsp3) is 0.500. The largest absolute Gasteiger partial charge is 2.00 e. The Morgan fingerprint density at radius 1 is 1.36 bits per heavy atom. The number of carboxylic acids is 2. The molecule has 0 rings (SSSR count). The first kappa shape index (κ1) is 17.7. The van der Waals surface area contributed by atoms with Crippen LogP contribution in [0, 0.1) is 0 Å². The van der Waals surface area contributed by atoms with Gasteiger partial charge in [-0.3, -0.25) is 0 Å². The number of halogens is 1. The molecule has 1 atom stereocenters. The Morgan fingerprint density at radius 2 is 1.73 bits per heavy atom. The summed E-state index contributed by atoms with van der Waals surface area (Å²) in [5.74, 6) is -3.08. The molecule has 0 heterocycles. The monoisotopic (exact) mass is 255 g/mol. The Kier molecular flexibility index (Phi) is 14.1. The molecule has 0 saturated carbocycles. The van der Waals surface area contributed by atoms with E-state index in [2.05, 4.69) is 0 Å². The maximum absolute atomic E-state index is 9.71. The average Bonchev–Trinajstić information content (AvgIpc) is 1.63. The Balaban J connectivity index is -0.000000320. The summed E-state index contributed by atoms with van der Waals surface area (Å²) in [6.45, 7) is 0. The molecule has 0 amide bonds. The van der Waals surface area contributed by atoms with E-state index in [1.807, 2.05) is 0 Å². The fourth-order valence-corrected chi connectivity index (χ4v) is 0.263. The molecule has 0 aliphatic rings. The van der Waals surface area contributed by atoms with Crippen molar-refractivity contribution >= 4 is 69.8 Å². The molecule has 0 radical (unpaired) electrons. The van der Waals surface area contributed by atoms with Crippen LogP contribution in [0.15, 0.2) is 0 Å². The predicted molar refractivity (Wildman–Crippen MR) is 35.6 cm³/mol. The normalized spacial score (nSPS) is 10.3. The zero-order chi connectivity index (χ0) is 7.44. The summed E-state index contributed by atoms with van der Waals surface area (Å²) in [6, 6.07) is -1.46. The van der Waals surface area contributed by atoms with Crippen LogP contribution >= 0.6 is 12.4 Å². The van der Waals surface area contributed by atoms with E-state index in [0.29, 0.717) is 0 Å². The van der Waals surface area contributed by atoms with E-state index in [1.165, 1.54) is 0 Å². The second-order valence-corrected chi connectivity index (χ2v) is 1.50. The van der Waals surface area contributed by atoms with Gasteiger partial charge in [0.15, 0.2) is 0 Å². The summed E-state index contributed by atoms with van der Waals surface area (Å²) >= 11 is 0.